The van der Waals surface area contributed by atoms with Crippen LogP contribution in [0.5, 0.6) is 0 Å². The molecule has 1 aliphatic rings. The highest BCUT2D eigenvalue weighted by molar-refractivity contribution is 6.07. The third-order valence-corrected chi connectivity index (χ3v) is 4.87. The van der Waals surface area contributed by atoms with Gasteiger partial charge in [0.1, 0.15) is 0 Å². The Morgan fingerprint density at radius 3 is 2.27 bits per heavy atom. The molecule has 1 saturated heterocycles. The van der Waals surface area contributed by atoms with E-state index in [1.165, 1.54) is 4.57 Å². The Balaban J connectivity index is 2.10. The van der Waals surface area contributed by atoms with Crippen LogP contribution >= 0.6 is 0 Å². The number of nitrogens with zero attached hydrogens (tertiary/aromatic N) is 2. The number of para-hydroxylation sites is 1. The van der Waals surface area contributed by atoms with Crippen LogP contribution in [0.2, 0.25) is 0 Å². The summed E-state index contributed by atoms with van der Waals surface area (Å²) in [4.78, 5) is 14.1. The number of aromatic nitrogens is 1. The number of fused-ring (bicyclic) bond motifs is 1. The van der Waals surface area contributed by atoms with Gasteiger partial charge in [-0.2, -0.15) is 0 Å². The molecule has 1 fully saturated rings. The van der Waals surface area contributed by atoms with Gasteiger partial charge in [-0.05, 0) is 37.5 Å². The van der Waals surface area contributed by atoms with Crippen LogP contribution in [0, 0.1) is 11.6 Å². The molecular weight excluding hydrogens is 338 g/mol. The quantitative estimate of drug-likeness (QED) is 0.746. The third kappa shape index (κ3) is 2.62. The molecule has 6 heteroatoms. The number of piperidine rings is 1. The average molecular weight is 356 g/mol. The number of hydrogen-bond donors (Lipinski definition) is 1. The van der Waals surface area contributed by atoms with Crippen LogP contribution in [0.25, 0.3) is 16.6 Å². The fourth-order valence-electron chi connectivity index (χ4n) is 3.74. The summed E-state index contributed by atoms with van der Waals surface area (Å²) in [6, 6.07) is 11.1. The lowest BCUT2D eigenvalue weighted by molar-refractivity contribution is 0.0689. The summed E-state index contributed by atoms with van der Waals surface area (Å²) in [5.41, 5.74) is 1.46. The van der Waals surface area contributed by atoms with Crippen molar-refractivity contribution >= 4 is 22.6 Å². The van der Waals surface area contributed by atoms with Crippen molar-refractivity contribution in [1.29, 1.82) is 0 Å². The lowest BCUT2D eigenvalue weighted by Gasteiger charge is -2.29. The van der Waals surface area contributed by atoms with Gasteiger partial charge < -0.3 is 14.6 Å². The molecule has 0 spiro atoms. The largest absolute Gasteiger partial charge is 0.476 e. The van der Waals surface area contributed by atoms with E-state index in [2.05, 4.69) is 0 Å². The molecule has 2 aromatic carbocycles. The first-order valence-electron chi connectivity index (χ1n) is 8.65. The van der Waals surface area contributed by atoms with Gasteiger partial charge in [-0.3, -0.25) is 0 Å². The number of carbonyl (C=O) groups is 1. The van der Waals surface area contributed by atoms with Crippen LogP contribution in [-0.4, -0.2) is 28.7 Å². The first-order chi connectivity index (χ1) is 12.6. The molecule has 134 valence electrons. The summed E-state index contributed by atoms with van der Waals surface area (Å²) in [5.74, 6) is -3.08. The van der Waals surface area contributed by atoms with Crippen molar-refractivity contribution < 1.29 is 18.7 Å². The van der Waals surface area contributed by atoms with Gasteiger partial charge in [-0.25, -0.2) is 13.6 Å². The van der Waals surface area contributed by atoms with E-state index in [0.29, 0.717) is 35.4 Å². The van der Waals surface area contributed by atoms with Gasteiger partial charge in [-0.15, -0.1) is 0 Å². The molecule has 0 aliphatic carbocycles. The van der Waals surface area contributed by atoms with E-state index in [9.17, 15) is 18.7 Å². The number of carboxylic acid groups (broad SMARTS) is 1. The Bertz CT molecular complexity index is 977. The Labute approximate surface area is 149 Å². The number of hydrogen-bond acceptors (Lipinski definition) is 2. The van der Waals surface area contributed by atoms with Crippen LogP contribution in [0.1, 0.15) is 29.8 Å². The zero-order chi connectivity index (χ0) is 18.3. The second-order valence-corrected chi connectivity index (χ2v) is 6.50. The molecule has 0 atom stereocenters. The second-order valence-electron chi connectivity index (χ2n) is 6.50. The molecule has 4 rings (SSSR count). The number of anilines is 1. The van der Waals surface area contributed by atoms with Gasteiger partial charge in [0.15, 0.2) is 17.3 Å². The number of benzene rings is 2. The maximum atomic E-state index is 14.0. The molecule has 1 aliphatic heterocycles. The van der Waals surface area contributed by atoms with Gasteiger partial charge in [-0.1, -0.05) is 18.2 Å². The predicted molar refractivity (Wildman–Crippen MR) is 96.2 cm³/mol. The molecule has 26 heavy (non-hydrogen) atoms. The van der Waals surface area contributed by atoms with Crippen LogP contribution in [-0.2, 0) is 0 Å². The molecule has 2 heterocycles. The Morgan fingerprint density at radius 2 is 1.62 bits per heavy atom. The van der Waals surface area contributed by atoms with Crippen LogP contribution < -0.4 is 4.90 Å². The van der Waals surface area contributed by atoms with Crippen molar-refractivity contribution in [3.63, 3.8) is 0 Å². The van der Waals surface area contributed by atoms with Gasteiger partial charge in [0, 0.05) is 30.2 Å². The minimum Gasteiger partial charge on any atom is -0.476 e. The van der Waals surface area contributed by atoms with Gasteiger partial charge in [0.2, 0.25) is 0 Å². The highest BCUT2D eigenvalue weighted by Crippen LogP contribution is 2.38. The van der Waals surface area contributed by atoms with Gasteiger partial charge in [0.05, 0.1) is 11.2 Å². The zero-order valence-electron chi connectivity index (χ0n) is 14.1. The highest BCUT2D eigenvalue weighted by atomic mass is 19.2. The van der Waals surface area contributed by atoms with Crippen LogP contribution in [0.15, 0.2) is 42.5 Å². The fourth-order valence-corrected chi connectivity index (χ4v) is 3.74. The van der Waals surface area contributed by atoms with E-state index in [-0.39, 0.29) is 5.69 Å². The lowest BCUT2D eigenvalue weighted by Crippen LogP contribution is -2.30. The van der Waals surface area contributed by atoms with Crippen LogP contribution in [0.3, 0.4) is 0 Å². The van der Waals surface area contributed by atoms with Gasteiger partial charge in [0.25, 0.3) is 0 Å². The SMILES string of the molecule is O=C(O)c1c(N2CCCCC2)c2cc(F)c(F)cc2n1-c1ccccc1. The molecule has 0 radical (unpaired) electrons. The number of halogens is 2. The third-order valence-electron chi connectivity index (χ3n) is 4.87. The topological polar surface area (TPSA) is 45.5 Å². The number of carboxylic acids is 1. The molecular formula is C20H18F2N2O2. The molecule has 1 aromatic heterocycles. The van der Waals surface area contributed by atoms with Crippen molar-refractivity contribution in [2.24, 2.45) is 0 Å². The Hall–Kier alpha value is -2.89. The van der Waals surface area contributed by atoms with Gasteiger partial charge >= 0.3 is 5.97 Å². The van der Waals surface area contributed by atoms with Crippen molar-refractivity contribution in [3.8, 4) is 5.69 Å². The van der Waals surface area contributed by atoms with Crippen molar-refractivity contribution in [2.75, 3.05) is 18.0 Å². The summed E-state index contributed by atoms with van der Waals surface area (Å²) in [7, 11) is 0. The normalized spacial score (nSPS) is 14.8. The van der Waals surface area contributed by atoms with E-state index in [0.717, 1.165) is 31.4 Å². The minimum atomic E-state index is -1.12. The minimum absolute atomic E-state index is 0.0399. The summed E-state index contributed by atoms with van der Waals surface area (Å²) in [6.45, 7) is 1.40. The first kappa shape index (κ1) is 16.6. The summed E-state index contributed by atoms with van der Waals surface area (Å²) < 4.78 is 29.5. The fraction of sp³-hybridized carbons (Fsp3) is 0.250. The number of aromatic carboxylic acids is 1. The van der Waals surface area contributed by atoms with Crippen LogP contribution in [0.4, 0.5) is 14.5 Å². The molecule has 1 N–H and O–H groups in total. The maximum Gasteiger partial charge on any atom is 0.355 e. The van der Waals surface area contributed by atoms with Crippen molar-refractivity contribution in [2.45, 2.75) is 19.3 Å². The smallest absolute Gasteiger partial charge is 0.355 e. The van der Waals surface area contributed by atoms with E-state index in [4.69, 9.17) is 0 Å². The average Bonchev–Trinajstić information content (AvgIpc) is 2.98. The zero-order valence-corrected chi connectivity index (χ0v) is 14.1. The van der Waals surface area contributed by atoms with E-state index in [1.54, 1.807) is 24.3 Å². The molecule has 4 nitrogen and oxygen atoms in total. The lowest BCUT2D eigenvalue weighted by atomic mass is 10.1. The Morgan fingerprint density at radius 1 is 0.962 bits per heavy atom. The second kappa shape index (κ2) is 6.44. The molecule has 0 amide bonds. The summed E-state index contributed by atoms with van der Waals surface area (Å²) in [5, 5.41) is 10.4. The molecule has 0 saturated carbocycles. The predicted octanol–water partition coefficient (Wildman–Crippen LogP) is 4.60. The maximum absolute atomic E-state index is 14.0. The number of rotatable bonds is 3. The van der Waals surface area contributed by atoms with E-state index in [1.807, 2.05) is 11.0 Å². The van der Waals surface area contributed by atoms with E-state index < -0.39 is 17.6 Å². The van der Waals surface area contributed by atoms with E-state index >= 15 is 0 Å². The monoisotopic (exact) mass is 356 g/mol. The van der Waals surface area contributed by atoms with Crippen molar-refractivity contribution in [1.82, 2.24) is 4.57 Å². The first-order valence-corrected chi connectivity index (χ1v) is 8.65. The Kier molecular flexibility index (Phi) is 4.11. The van der Waals surface area contributed by atoms with Crippen molar-refractivity contribution in [3.05, 3.63) is 59.8 Å². The summed E-state index contributed by atoms with van der Waals surface area (Å²) >= 11 is 0. The highest BCUT2D eigenvalue weighted by Gasteiger charge is 2.29. The standard InChI is InChI=1S/C20H18F2N2O2/c21-15-11-14-17(12-16(15)22)24(13-7-3-1-4-8-13)19(20(25)26)18(14)23-9-5-2-6-10-23/h1,3-4,7-8,11-12H,2,5-6,9-10H2,(H,25,26). The molecule has 0 bridgehead atoms. The summed E-state index contributed by atoms with van der Waals surface area (Å²) in [6.07, 6.45) is 2.97. The molecule has 3 aromatic rings. The molecule has 0 unspecified atom stereocenters.